The zero-order valence-corrected chi connectivity index (χ0v) is 24.5. The van der Waals surface area contributed by atoms with Crippen molar-refractivity contribution in [3.05, 3.63) is 58.9 Å². The van der Waals surface area contributed by atoms with Crippen molar-refractivity contribution in [2.45, 2.75) is 57.9 Å². The van der Waals surface area contributed by atoms with Crippen molar-refractivity contribution in [3.63, 3.8) is 0 Å². The molecule has 2 unspecified atom stereocenters. The van der Waals surface area contributed by atoms with Gasteiger partial charge in [0.15, 0.2) is 0 Å². The number of aromatic nitrogens is 1. The van der Waals surface area contributed by atoms with Crippen LogP contribution in [0.5, 0.6) is 5.75 Å². The molecule has 45 heavy (non-hydrogen) atoms. The minimum absolute atomic E-state index is 0.0191. The number of carboxylic acids is 1. The Morgan fingerprint density at radius 1 is 1.09 bits per heavy atom. The van der Waals surface area contributed by atoms with Crippen molar-refractivity contribution in [3.8, 4) is 5.75 Å². The van der Waals surface area contributed by atoms with Crippen LogP contribution in [-0.4, -0.2) is 76.7 Å². The lowest BCUT2D eigenvalue weighted by molar-refractivity contribution is -0.344. The molecule has 246 valence electrons. The number of carboxylic acid groups (broad SMARTS) is 2. The maximum Gasteiger partial charge on any atom is 0.430 e. The molecule has 1 aromatic carbocycles. The topological polar surface area (TPSA) is 213 Å². The summed E-state index contributed by atoms with van der Waals surface area (Å²) < 4.78 is 37.4. The highest BCUT2D eigenvalue weighted by Gasteiger charge is 2.47. The molecule has 0 bridgehead atoms. The van der Waals surface area contributed by atoms with E-state index in [0.717, 1.165) is 22.5 Å². The highest BCUT2D eigenvalue weighted by molar-refractivity contribution is 5.94. The summed E-state index contributed by atoms with van der Waals surface area (Å²) in [6.07, 6.45) is -6.32. The van der Waals surface area contributed by atoms with Crippen LogP contribution in [0.1, 0.15) is 42.3 Å². The summed E-state index contributed by atoms with van der Waals surface area (Å²) in [4.78, 5) is 62.5. The number of aliphatic carboxylic acids is 1. The molecule has 1 aromatic heterocycles. The van der Waals surface area contributed by atoms with Crippen LogP contribution in [0.15, 0.2) is 36.4 Å². The van der Waals surface area contributed by atoms with Crippen molar-refractivity contribution < 1.29 is 57.3 Å². The van der Waals surface area contributed by atoms with Crippen LogP contribution >= 0.6 is 0 Å². The SMILES string of the molecule is Cc1cc(COc2ccc(C3(C)CCN(C(CCNC(=O)CNC(=O)[O-])C(=O)NO)C3=O)cc2)cc(C)n1.O=C([O-])C(F)(F)F. The average molecular weight is 640 g/mol. The lowest BCUT2D eigenvalue weighted by Crippen LogP contribution is -2.50. The predicted molar refractivity (Wildman–Crippen MR) is 144 cm³/mol. The quantitative estimate of drug-likeness (QED) is 0.181. The van der Waals surface area contributed by atoms with E-state index in [4.69, 9.17) is 14.6 Å². The number of nitrogens with one attached hydrogen (secondary N) is 3. The summed E-state index contributed by atoms with van der Waals surface area (Å²) >= 11 is 0. The Kier molecular flexibility index (Phi) is 12.6. The van der Waals surface area contributed by atoms with Crippen LogP contribution in [-0.2, 0) is 31.2 Å². The normalized spacial score (nSPS) is 16.6. The van der Waals surface area contributed by atoms with E-state index in [-0.39, 0.29) is 25.4 Å². The van der Waals surface area contributed by atoms with Gasteiger partial charge in [0, 0.05) is 24.5 Å². The number of carbonyl (C=O) groups is 5. The van der Waals surface area contributed by atoms with Crippen LogP contribution in [0.2, 0.25) is 0 Å². The molecule has 14 nitrogen and oxygen atoms in total. The van der Waals surface area contributed by atoms with E-state index in [9.17, 15) is 42.7 Å². The van der Waals surface area contributed by atoms with Crippen LogP contribution in [0.4, 0.5) is 18.0 Å². The maximum absolute atomic E-state index is 13.5. The maximum atomic E-state index is 13.5. The highest BCUT2D eigenvalue weighted by Crippen LogP contribution is 2.37. The third kappa shape index (κ3) is 10.6. The summed E-state index contributed by atoms with van der Waals surface area (Å²) in [7, 11) is 0. The first kappa shape index (κ1) is 36.3. The average Bonchev–Trinajstić information content (AvgIpc) is 3.26. The fourth-order valence-corrected chi connectivity index (χ4v) is 4.59. The highest BCUT2D eigenvalue weighted by atomic mass is 19.4. The van der Waals surface area contributed by atoms with Crippen molar-refractivity contribution in [1.82, 2.24) is 26.0 Å². The number of amides is 4. The van der Waals surface area contributed by atoms with Crippen molar-refractivity contribution >= 4 is 29.8 Å². The second-order valence-corrected chi connectivity index (χ2v) is 10.2. The standard InChI is InChI=1S/C26H33N5O7.C2HF3O2/c1-16-12-18(13-17(2)29-16)15-38-20-6-4-19(5-7-20)26(3)9-11-31(24(26)34)21(23(33)30-37)8-10-27-22(32)14-28-25(35)36;3-2(4,5)1(6)7/h4-7,12-13,21,28,37H,8-11,14-15H2,1-3H3,(H,27,32)(H,30,33)(H,35,36);(H,6,7)/p-2. The van der Waals surface area contributed by atoms with Gasteiger partial charge in [-0.25, -0.2) is 5.48 Å². The number of halogens is 3. The Morgan fingerprint density at radius 2 is 1.67 bits per heavy atom. The van der Waals surface area contributed by atoms with Gasteiger partial charge in [0.25, 0.3) is 5.91 Å². The summed E-state index contributed by atoms with van der Waals surface area (Å²) in [6, 6.07) is 10.1. The molecule has 2 atom stereocenters. The number of hydroxylamine groups is 1. The monoisotopic (exact) mass is 639 g/mol. The van der Waals surface area contributed by atoms with Crippen LogP contribution in [0.25, 0.3) is 0 Å². The van der Waals surface area contributed by atoms with E-state index in [1.807, 2.05) is 43.4 Å². The molecule has 1 aliphatic rings. The number of alkyl halides is 3. The first-order chi connectivity index (χ1) is 21.0. The number of rotatable bonds is 11. The Balaban J connectivity index is 0.000000900. The molecule has 4 N–H and O–H groups in total. The number of benzene rings is 1. The Labute approximate surface area is 255 Å². The fraction of sp³-hybridized carbons (Fsp3) is 0.429. The molecule has 0 saturated carbocycles. The summed E-state index contributed by atoms with van der Waals surface area (Å²) in [5, 5.41) is 32.7. The number of carbonyl (C=O) groups excluding carboxylic acids is 5. The zero-order chi connectivity index (χ0) is 33.9. The molecule has 3 rings (SSSR count). The van der Waals surface area contributed by atoms with Gasteiger partial charge in [-0.1, -0.05) is 12.1 Å². The molecule has 2 heterocycles. The number of likely N-dealkylation sites (tertiary alicyclic amines) is 1. The minimum Gasteiger partial charge on any atom is -0.542 e. The number of nitrogens with zero attached hydrogens (tertiary/aromatic N) is 2. The minimum atomic E-state index is -5.19. The van der Waals surface area contributed by atoms with Gasteiger partial charge in [0.1, 0.15) is 30.5 Å². The van der Waals surface area contributed by atoms with E-state index in [0.29, 0.717) is 18.8 Å². The van der Waals surface area contributed by atoms with Crippen molar-refractivity contribution in [2.24, 2.45) is 0 Å². The lowest BCUT2D eigenvalue weighted by Gasteiger charge is -2.29. The molecular weight excluding hydrogens is 607 g/mol. The Hall–Kier alpha value is -4.93. The molecule has 1 fully saturated rings. The van der Waals surface area contributed by atoms with Crippen molar-refractivity contribution in [2.75, 3.05) is 19.6 Å². The van der Waals surface area contributed by atoms with Gasteiger partial charge in [-0.3, -0.25) is 24.6 Å². The fourth-order valence-electron chi connectivity index (χ4n) is 4.59. The van der Waals surface area contributed by atoms with E-state index < -0.39 is 48.1 Å². The number of ether oxygens (including phenoxy) is 1. The first-order valence-corrected chi connectivity index (χ1v) is 13.4. The van der Waals surface area contributed by atoms with Gasteiger partial charge < -0.3 is 40.1 Å². The van der Waals surface area contributed by atoms with E-state index in [1.54, 1.807) is 24.5 Å². The number of aryl methyl sites for hydroxylation is 2. The smallest absolute Gasteiger partial charge is 0.430 e. The van der Waals surface area contributed by atoms with Gasteiger partial charge in [-0.05, 0) is 69.0 Å². The van der Waals surface area contributed by atoms with Gasteiger partial charge in [0.2, 0.25) is 11.8 Å². The van der Waals surface area contributed by atoms with Gasteiger partial charge in [0.05, 0.1) is 12.0 Å². The molecule has 17 heteroatoms. The molecule has 0 aliphatic carbocycles. The van der Waals surface area contributed by atoms with Gasteiger partial charge in [-0.15, -0.1) is 0 Å². The van der Waals surface area contributed by atoms with E-state index in [1.165, 1.54) is 4.90 Å². The molecular formula is C28H32F3N5O9-2. The third-order valence-electron chi connectivity index (χ3n) is 6.78. The number of hydrogen-bond donors (Lipinski definition) is 4. The molecule has 0 radical (unpaired) electrons. The third-order valence-corrected chi connectivity index (χ3v) is 6.78. The summed E-state index contributed by atoms with van der Waals surface area (Å²) in [5.41, 5.74) is 4.29. The molecule has 2 aromatic rings. The second kappa shape index (κ2) is 15.7. The summed E-state index contributed by atoms with van der Waals surface area (Å²) in [6.45, 7) is 5.79. The van der Waals surface area contributed by atoms with Crippen LogP contribution < -0.4 is 31.1 Å². The van der Waals surface area contributed by atoms with Gasteiger partial charge >= 0.3 is 6.18 Å². The Morgan fingerprint density at radius 3 is 2.18 bits per heavy atom. The van der Waals surface area contributed by atoms with E-state index >= 15 is 0 Å². The molecule has 4 amide bonds. The van der Waals surface area contributed by atoms with Crippen LogP contribution in [0.3, 0.4) is 0 Å². The van der Waals surface area contributed by atoms with Gasteiger partial charge in [-0.2, -0.15) is 13.2 Å². The predicted octanol–water partition coefficient (Wildman–Crippen LogP) is -0.621. The summed E-state index contributed by atoms with van der Waals surface area (Å²) in [5.74, 6) is -4.05. The molecule has 0 spiro atoms. The number of hydrogen-bond acceptors (Lipinski definition) is 10. The van der Waals surface area contributed by atoms with Crippen molar-refractivity contribution in [1.29, 1.82) is 0 Å². The Bertz CT molecular complexity index is 1370. The first-order valence-electron chi connectivity index (χ1n) is 13.4. The zero-order valence-electron chi connectivity index (χ0n) is 24.5. The largest absolute Gasteiger partial charge is 0.542 e. The van der Waals surface area contributed by atoms with E-state index in [2.05, 4.69) is 10.3 Å². The second-order valence-electron chi connectivity index (χ2n) is 10.2. The lowest BCUT2D eigenvalue weighted by atomic mass is 9.81. The molecule has 1 aliphatic heterocycles. The molecule has 1 saturated heterocycles. The number of pyridine rings is 1. The van der Waals surface area contributed by atoms with Crippen LogP contribution in [0, 0.1) is 13.8 Å².